The highest BCUT2D eigenvalue weighted by Crippen LogP contribution is 2.34. The summed E-state index contributed by atoms with van der Waals surface area (Å²) in [6.07, 6.45) is 1.71. The molecule has 0 radical (unpaired) electrons. The summed E-state index contributed by atoms with van der Waals surface area (Å²) in [6, 6.07) is 6.05. The summed E-state index contributed by atoms with van der Waals surface area (Å²) in [4.78, 5) is 5.43. The zero-order valence-corrected chi connectivity index (χ0v) is 12.4. The fraction of sp³-hybridized carbons (Fsp3) is 0.333. The first kappa shape index (κ1) is 13.8. The standard InChI is InChI=1S/C12H14ClN3S2/c1-2-11-15-12(18-16-11)17-10-4-3-8(5-6-14)7-9(10)13/h3-4,7H,2,5-6,14H2,1H3. The van der Waals surface area contributed by atoms with Gasteiger partial charge in [0.1, 0.15) is 5.82 Å². The largest absolute Gasteiger partial charge is 0.330 e. The van der Waals surface area contributed by atoms with Crippen molar-refractivity contribution in [2.24, 2.45) is 5.73 Å². The van der Waals surface area contributed by atoms with Gasteiger partial charge in [0.2, 0.25) is 0 Å². The highest BCUT2D eigenvalue weighted by atomic mass is 35.5. The molecule has 1 aromatic heterocycles. The summed E-state index contributed by atoms with van der Waals surface area (Å²) >= 11 is 9.22. The molecule has 0 fully saturated rings. The molecule has 0 unspecified atom stereocenters. The van der Waals surface area contributed by atoms with Gasteiger partial charge in [-0.05, 0) is 42.2 Å². The summed E-state index contributed by atoms with van der Waals surface area (Å²) < 4.78 is 5.19. The van der Waals surface area contributed by atoms with Crippen molar-refractivity contribution < 1.29 is 0 Å². The molecule has 0 spiro atoms. The molecule has 0 aliphatic heterocycles. The lowest BCUT2D eigenvalue weighted by molar-refractivity contribution is 0.965. The molecule has 1 aromatic carbocycles. The minimum absolute atomic E-state index is 0.638. The maximum absolute atomic E-state index is 6.25. The summed E-state index contributed by atoms with van der Waals surface area (Å²) in [5, 5.41) is 0.749. The van der Waals surface area contributed by atoms with Crippen LogP contribution in [0.2, 0.25) is 5.02 Å². The normalized spacial score (nSPS) is 10.8. The van der Waals surface area contributed by atoms with E-state index >= 15 is 0 Å². The Morgan fingerprint density at radius 2 is 2.28 bits per heavy atom. The molecule has 2 aromatic rings. The van der Waals surface area contributed by atoms with Gasteiger partial charge < -0.3 is 5.73 Å². The highest BCUT2D eigenvalue weighted by Gasteiger charge is 2.08. The Morgan fingerprint density at radius 1 is 1.44 bits per heavy atom. The minimum Gasteiger partial charge on any atom is -0.330 e. The van der Waals surface area contributed by atoms with Gasteiger partial charge in [-0.2, -0.15) is 4.37 Å². The van der Waals surface area contributed by atoms with Gasteiger partial charge in [-0.1, -0.05) is 36.4 Å². The van der Waals surface area contributed by atoms with E-state index in [1.54, 1.807) is 11.8 Å². The fourth-order valence-corrected chi connectivity index (χ4v) is 3.45. The molecule has 0 saturated carbocycles. The van der Waals surface area contributed by atoms with Crippen LogP contribution in [0.15, 0.2) is 27.4 Å². The molecule has 0 atom stereocenters. The lowest BCUT2D eigenvalue weighted by Crippen LogP contribution is -2.02. The van der Waals surface area contributed by atoms with Crippen LogP contribution in [0.3, 0.4) is 0 Å². The van der Waals surface area contributed by atoms with Gasteiger partial charge in [-0.15, -0.1) is 0 Å². The van der Waals surface area contributed by atoms with Crippen molar-refractivity contribution in [3.05, 3.63) is 34.6 Å². The van der Waals surface area contributed by atoms with Crippen molar-refractivity contribution in [3.8, 4) is 0 Å². The third kappa shape index (κ3) is 3.45. The first-order valence-corrected chi connectivity index (χ1v) is 7.68. The van der Waals surface area contributed by atoms with Crippen LogP contribution in [-0.2, 0) is 12.8 Å². The van der Waals surface area contributed by atoms with E-state index in [2.05, 4.69) is 15.4 Å². The van der Waals surface area contributed by atoms with Gasteiger partial charge in [-0.25, -0.2) is 4.98 Å². The van der Waals surface area contributed by atoms with E-state index in [1.165, 1.54) is 17.1 Å². The molecule has 18 heavy (non-hydrogen) atoms. The molecule has 0 aliphatic carbocycles. The van der Waals surface area contributed by atoms with Crippen LogP contribution in [0, 0.1) is 0 Å². The van der Waals surface area contributed by atoms with Crippen molar-refractivity contribution in [2.45, 2.75) is 29.0 Å². The minimum atomic E-state index is 0.638. The zero-order valence-electron chi connectivity index (χ0n) is 10.0. The molecular formula is C12H14ClN3S2. The van der Waals surface area contributed by atoms with Gasteiger partial charge >= 0.3 is 0 Å². The Hall–Kier alpha value is -0.620. The number of hydrogen-bond acceptors (Lipinski definition) is 5. The van der Waals surface area contributed by atoms with E-state index in [4.69, 9.17) is 17.3 Å². The maximum Gasteiger partial charge on any atom is 0.174 e. The Morgan fingerprint density at radius 3 is 2.89 bits per heavy atom. The van der Waals surface area contributed by atoms with Crippen LogP contribution in [0.5, 0.6) is 0 Å². The lowest BCUT2D eigenvalue weighted by atomic mass is 10.1. The van der Waals surface area contributed by atoms with E-state index in [9.17, 15) is 0 Å². The van der Waals surface area contributed by atoms with Crippen LogP contribution in [-0.4, -0.2) is 15.9 Å². The molecule has 2 rings (SSSR count). The Kier molecular flexibility index (Phi) is 5.00. The summed E-state index contributed by atoms with van der Waals surface area (Å²) in [7, 11) is 0. The second-order valence-electron chi connectivity index (χ2n) is 3.74. The Labute approximate surface area is 120 Å². The molecular weight excluding hydrogens is 286 g/mol. The lowest BCUT2D eigenvalue weighted by Gasteiger charge is -2.04. The van der Waals surface area contributed by atoms with Crippen molar-refractivity contribution in [1.82, 2.24) is 9.36 Å². The quantitative estimate of drug-likeness (QED) is 0.919. The molecule has 0 aliphatic rings. The molecule has 0 bridgehead atoms. The third-order valence-electron chi connectivity index (χ3n) is 2.39. The first-order chi connectivity index (χ1) is 8.72. The fourth-order valence-electron chi connectivity index (χ4n) is 1.47. The maximum atomic E-state index is 6.25. The topological polar surface area (TPSA) is 51.8 Å². The highest BCUT2D eigenvalue weighted by molar-refractivity contribution is 8.01. The average molecular weight is 300 g/mol. The number of rotatable bonds is 5. The number of nitrogens with two attached hydrogens (primary N) is 1. The smallest absolute Gasteiger partial charge is 0.174 e. The predicted octanol–water partition coefficient (Wildman–Crippen LogP) is 3.41. The first-order valence-electron chi connectivity index (χ1n) is 5.72. The third-order valence-corrected chi connectivity index (χ3v) is 4.68. The Bertz CT molecular complexity index is 528. The van der Waals surface area contributed by atoms with E-state index in [0.29, 0.717) is 6.54 Å². The van der Waals surface area contributed by atoms with Gasteiger partial charge in [0.15, 0.2) is 4.34 Å². The Balaban J connectivity index is 2.13. The van der Waals surface area contributed by atoms with Crippen molar-refractivity contribution in [3.63, 3.8) is 0 Å². The molecule has 2 N–H and O–H groups in total. The number of nitrogens with zero attached hydrogens (tertiary/aromatic N) is 2. The van der Waals surface area contributed by atoms with Crippen LogP contribution in [0.4, 0.5) is 0 Å². The summed E-state index contributed by atoms with van der Waals surface area (Å²) in [5.41, 5.74) is 6.69. The number of halogens is 1. The van der Waals surface area contributed by atoms with Crippen molar-refractivity contribution >= 4 is 34.9 Å². The van der Waals surface area contributed by atoms with E-state index in [-0.39, 0.29) is 0 Å². The van der Waals surface area contributed by atoms with E-state index < -0.39 is 0 Å². The van der Waals surface area contributed by atoms with Crippen molar-refractivity contribution in [2.75, 3.05) is 6.54 Å². The van der Waals surface area contributed by atoms with Crippen molar-refractivity contribution in [1.29, 1.82) is 0 Å². The number of aromatic nitrogens is 2. The summed E-state index contributed by atoms with van der Waals surface area (Å²) in [6.45, 7) is 2.68. The summed E-state index contributed by atoms with van der Waals surface area (Å²) in [5.74, 6) is 0.887. The average Bonchev–Trinajstić information content (AvgIpc) is 2.81. The molecule has 0 saturated heterocycles. The van der Waals surface area contributed by atoms with Crippen LogP contribution >= 0.6 is 34.9 Å². The van der Waals surface area contributed by atoms with Crippen LogP contribution < -0.4 is 5.73 Å². The van der Waals surface area contributed by atoms with Crippen LogP contribution in [0.1, 0.15) is 18.3 Å². The van der Waals surface area contributed by atoms with E-state index in [1.807, 2.05) is 19.1 Å². The molecule has 6 heteroatoms. The van der Waals surface area contributed by atoms with Gasteiger partial charge in [0.25, 0.3) is 0 Å². The predicted molar refractivity (Wildman–Crippen MR) is 77.6 cm³/mol. The van der Waals surface area contributed by atoms with Gasteiger partial charge in [-0.3, -0.25) is 0 Å². The number of hydrogen-bond donors (Lipinski definition) is 1. The second kappa shape index (κ2) is 6.52. The second-order valence-corrected chi connectivity index (χ2v) is 6.18. The number of benzene rings is 1. The zero-order chi connectivity index (χ0) is 13.0. The van der Waals surface area contributed by atoms with Crippen LogP contribution in [0.25, 0.3) is 0 Å². The van der Waals surface area contributed by atoms with Gasteiger partial charge in [0, 0.05) is 11.3 Å². The molecule has 0 amide bonds. The molecule has 1 heterocycles. The number of aryl methyl sites for hydroxylation is 1. The SMILES string of the molecule is CCc1nsc(Sc2ccc(CCN)cc2Cl)n1. The monoisotopic (exact) mass is 299 g/mol. The van der Waals surface area contributed by atoms with E-state index in [0.717, 1.165) is 32.9 Å². The van der Waals surface area contributed by atoms with Gasteiger partial charge in [0.05, 0.1) is 5.02 Å². The molecule has 3 nitrogen and oxygen atoms in total. The molecule has 96 valence electrons.